The fourth-order valence-corrected chi connectivity index (χ4v) is 3.75. The summed E-state index contributed by atoms with van der Waals surface area (Å²) in [4.78, 5) is 12.6. The van der Waals surface area contributed by atoms with Crippen molar-refractivity contribution in [2.45, 2.75) is 19.9 Å². The van der Waals surface area contributed by atoms with Gasteiger partial charge in [-0.05, 0) is 62.4 Å². The molecule has 140 valence electrons. The molecule has 0 spiro atoms. The molecule has 0 aromatic heterocycles. The van der Waals surface area contributed by atoms with Crippen molar-refractivity contribution in [3.8, 4) is 5.75 Å². The van der Waals surface area contributed by atoms with Gasteiger partial charge in [0, 0.05) is 10.7 Å². The number of rotatable bonds is 7. The molecule has 8 heteroatoms. The molecular weight excluding hydrogens is 376 g/mol. The van der Waals surface area contributed by atoms with Crippen LogP contribution in [0.1, 0.15) is 13.8 Å². The first kappa shape index (κ1) is 20.1. The first-order chi connectivity index (χ1) is 12.2. The number of sulfonamides is 1. The van der Waals surface area contributed by atoms with Gasteiger partial charge in [0.2, 0.25) is 15.9 Å². The van der Waals surface area contributed by atoms with E-state index in [1.165, 1.54) is 6.92 Å². The highest BCUT2D eigenvalue weighted by Crippen LogP contribution is 2.24. The Balaban J connectivity index is 2.20. The van der Waals surface area contributed by atoms with E-state index in [1.807, 2.05) is 6.92 Å². The zero-order chi connectivity index (χ0) is 19.3. The van der Waals surface area contributed by atoms with Gasteiger partial charge in [0.25, 0.3) is 0 Å². The average Bonchev–Trinajstić information content (AvgIpc) is 2.57. The second-order valence-corrected chi connectivity index (χ2v) is 7.95. The summed E-state index contributed by atoms with van der Waals surface area (Å²) in [6.07, 6.45) is 1.06. The zero-order valence-corrected chi connectivity index (χ0v) is 16.3. The second-order valence-electron chi connectivity index (χ2n) is 5.66. The Labute approximate surface area is 158 Å². The fourth-order valence-electron chi connectivity index (χ4n) is 2.44. The average molecular weight is 397 g/mol. The predicted octanol–water partition coefficient (Wildman–Crippen LogP) is 3.53. The number of nitrogens with zero attached hydrogens (tertiary/aromatic N) is 1. The first-order valence-electron chi connectivity index (χ1n) is 8.01. The number of hydrogen-bond acceptors (Lipinski definition) is 4. The Kier molecular flexibility index (Phi) is 6.50. The van der Waals surface area contributed by atoms with Crippen LogP contribution in [0.25, 0.3) is 0 Å². The summed E-state index contributed by atoms with van der Waals surface area (Å²) >= 11 is 5.86. The van der Waals surface area contributed by atoms with Crippen molar-refractivity contribution in [2.24, 2.45) is 0 Å². The molecule has 1 amide bonds. The van der Waals surface area contributed by atoms with E-state index in [0.717, 1.165) is 10.6 Å². The quantitative estimate of drug-likeness (QED) is 0.776. The molecule has 0 fully saturated rings. The lowest BCUT2D eigenvalue weighted by atomic mass is 10.2. The van der Waals surface area contributed by atoms with Crippen LogP contribution in [0.3, 0.4) is 0 Å². The molecule has 2 rings (SSSR count). The molecule has 1 N–H and O–H groups in total. The van der Waals surface area contributed by atoms with Crippen LogP contribution in [0.5, 0.6) is 5.75 Å². The minimum atomic E-state index is -3.67. The number of amides is 1. The smallest absolute Gasteiger partial charge is 0.247 e. The van der Waals surface area contributed by atoms with Crippen LogP contribution >= 0.6 is 11.6 Å². The fraction of sp³-hybridized carbons (Fsp3) is 0.278. The third-order valence-corrected chi connectivity index (χ3v) is 5.10. The molecule has 26 heavy (non-hydrogen) atoms. The molecule has 0 aliphatic rings. The van der Waals surface area contributed by atoms with Crippen molar-refractivity contribution < 1.29 is 17.9 Å². The van der Waals surface area contributed by atoms with Gasteiger partial charge in [-0.3, -0.25) is 9.10 Å². The van der Waals surface area contributed by atoms with Crippen LogP contribution < -0.4 is 14.4 Å². The van der Waals surface area contributed by atoms with Gasteiger partial charge >= 0.3 is 0 Å². The largest absolute Gasteiger partial charge is 0.494 e. The van der Waals surface area contributed by atoms with E-state index in [9.17, 15) is 13.2 Å². The van der Waals surface area contributed by atoms with Crippen LogP contribution in [-0.4, -0.2) is 33.2 Å². The third kappa shape index (κ3) is 5.12. The van der Waals surface area contributed by atoms with Gasteiger partial charge in [-0.15, -0.1) is 0 Å². The molecular formula is C18H21ClN2O4S. The Hall–Kier alpha value is -2.25. The van der Waals surface area contributed by atoms with E-state index in [-0.39, 0.29) is 0 Å². The second kappa shape index (κ2) is 8.42. The molecule has 0 saturated heterocycles. The maximum absolute atomic E-state index is 12.6. The standard InChI is InChI=1S/C18H21ClN2O4S/c1-4-25-17-11-7-15(8-12-17)20-18(22)13(2)21(26(3,23)24)16-9-5-14(19)6-10-16/h5-13H,4H2,1-3H3,(H,20,22)/t13-/m1/s1. The van der Waals surface area contributed by atoms with Crippen molar-refractivity contribution in [3.63, 3.8) is 0 Å². The maximum atomic E-state index is 12.6. The molecule has 2 aromatic carbocycles. The molecule has 0 unspecified atom stereocenters. The lowest BCUT2D eigenvalue weighted by Crippen LogP contribution is -2.45. The van der Waals surface area contributed by atoms with Crippen molar-refractivity contribution in [1.82, 2.24) is 0 Å². The predicted molar refractivity (Wildman–Crippen MR) is 104 cm³/mol. The van der Waals surface area contributed by atoms with E-state index in [1.54, 1.807) is 48.5 Å². The van der Waals surface area contributed by atoms with Gasteiger partial charge in [0.1, 0.15) is 11.8 Å². The number of nitrogens with one attached hydrogen (secondary N) is 1. The number of ether oxygens (including phenoxy) is 1. The van der Waals surface area contributed by atoms with Crippen molar-refractivity contribution >= 4 is 38.9 Å². The monoisotopic (exact) mass is 396 g/mol. The number of halogens is 1. The highest BCUT2D eigenvalue weighted by molar-refractivity contribution is 7.92. The number of benzene rings is 2. The highest BCUT2D eigenvalue weighted by Gasteiger charge is 2.29. The van der Waals surface area contributed by atoms with Gasteiger partial charge in [0.15, 0.2) is 0 Å². The summed E-state index contributed by atoms with van der Waals surface area (Å²) in [5.41, 5.74) is 0.918. The van der Waals surface area contributed by atoms with Crippen LogP contribution in [0, 0.1) is 0 Å². The molecule has 0 saturated carbocycles. The summed E-state index contributed by atoms with van der Waals surface area (Å²) in [6, 6.07) is 12.2. The Bertz CT molecular complexity index is 852. The molecule has 1 atom stereocenters. The number of anilines is 2. The first-order valence-corrected chi connectivity index (χ1v) is 10.2. The van der Waals surface area contributed by atoms with Gasteiger partial charge < -0.3 is 10.1 Å². The highest BCUT2D eigenvalue weighted by atomic mass is 35.5. The van der Waals surface area contributed by atoms with Crippen LogP contribution in [-0.2, 0) is 14.8 Å². The molecule has 0 aliphatic carbocycles. The maximum Gasteiger partial charge on any atom is 0.247 e. The summed E-state index contributed by atoms with van der Waals surface area (Å²) in [5, 5.41) is 3.20. The van der Waals surface area contributed by atoms with Gasteiger partial charge in [-0.2, -0.15) is 0 Å². The van der Waals surface area contributed by atoms with E-state index in [2.05, 4.69) is 5.32 Å². The summed E-state index contributed by atoms with van der Waals surface area (Å²) < 4.78 is 30.9. The summed E-state index contributed by atoms with van der Waals surface area (Å²) in [7, 11) is -3.67. The molecule has 2 aromatic rings. The van der Waals surface area contributed by atoms with Gasteiger partial charge in [-0.25, -0.2) is 8.42 Å². The van der Waals surface area contributed by atoms with Gasteiger partial charge in [0.05, 0.1) is 18.6 Å². The molecule has 0 heterocycles. The van der Waals surface area contributed by atoms with Crippen molar-refractivity contribution in [2.75, 3.05) is 22.5 Å². The lowest BCUT2D eigenvalue weighted by molar-refractivity contribution is -0.116. The SMILES string of the molecule is CCOc1ccc(NC(=O)[C@@H](C)N(c2ccc(Cl)cc2)S(C)(=O)=O)cc1. The lowest BCUT2D eigenvalue weighted by Gasteiger charge is -2.28. The Morgan fingerprint density at radius 2 is 1.73 bits per heavy atom. The Morgan fingerprint density at radius 1 is 1.15 bits per heavy atom. The van der Waals surface area contributed by atoms with Gasteiger partial charge in [-0.1, -0.05) is 11.6 Å². The zero-order valence-electron chi connectivity index (χ0n) is 14.8. The number of carbonyl (C=O) groups is 1. The minimum absolute atomic E-state index is 0.367. The van der Waals surface area contributed by atoms with Crippen LogP contribution in [0.15, 0.2) is 48.5 Å². The van der Waals surface area contributed by atoms with E-state index >= 15 is 0 Å². The molecule has 0 radical (unpaired) electrons. The summed E-state index contributed by atoms with van der Waals surface area (Å²) in [6.45, 7) is 3.96. The molecule has 0 aliphatic heterocycles. The number of hydrogen-bond donors (Lipinski definition) is 1. The summed E-state index contributed by atoms with van der Waals surface area (Å²) in [5.74, 6) is 0.243. The minimum Gasteiger partial charge on any atom is -0.494 e. The van der Waals surface area contributed by atoms with Crippen molar-refractivity contribution in [1.29, 1.82) is 0 Å². The van der Waals surface area contributed by atoms with Crippen LogP contribution in [0.2, 0.25) is 5.02 Å². The van der Waals surface area contributed by atoms with Crippen LogP contribution in [0.4, 0.5) is 11.4 Å². The normalized spacial score (nSPS) is 12.3. The topological polar surface area (TPSA) is 75.7 Å². The third-order valence-electron chi connectivity index (χ3n) is 3.60. The number of carbonyl (C=O) groups excluding carboxylic acids is 1. The van der Waals surface area contributed by atoms with Crippen molar-refractivity contribution in [3.05, 3.63) is 53.6 Å². The van der Waals surface area contributed by atoms with E-state index in [4.69, 9.17) is 16.3 Å². The van der Waals surface area contributed by atoms with E-state index < -0.39 is 22.0 Å². The van der Waals surface area contributed by atoms with E-state index in [0.29, 0.717) is 28.8 Å². The molecule has 0 bridgehead atoms. The molecule has 6 nitrogen and oxygen atoms in total. The Morgan fingerprint density at radius 3 is 2.23 bits per heavy atom.